The molecule has 1 fully saturated rings. The van der Waals surface area contributed by atoms with Gasteiger partial charge in [0.05, 0.1) is 4.90 Å². The van der Waals surface area contributed by atoms with Crippen molar-refractivity contribution >= 4 is 21.6 Å². The molecule has 0 bridgehead atoms. The fourth-order valence-corrected chi connectivity index (χ4v) is 5.04. The van der Waals surface area contributed by atoms with Crippen LogP contribution in [0.3, 0.4) is 0 Å². The molecule has 0 unspecified atom stereocenters. The number of ether oxygens (including phenoxy) is 1. The van der Waals surface area contributed by atoms with Gasteiger partial charge in [0.2, 0.25) is 10.0 Å². The predicted molar refractivity (Wildman–Crippen MR) is 122 cm³/mol. The number of likely N-dealkylation sites (N-methyl/N-ethyl adjacent to an activating group) is 1. The van der Waals surface area contributed by atoms with Gasteiger partial charge in [0.25, 0.3) is 5.91 Å². The molecule has 0 atom stereocenters. The maximum absolute atomic E-state index is 12.8. The summed E-state index contributed by atoms with van der Waals surface area (Å²) >= 11 is 0. The van der Waals surface area contributed by atoms with Crippen LogP contribution in [0.1, 0.15) is 30.9 Å². The summed E-state index contributed by atoms with van der Waals surface area (Å²) in [6.07, 6.45) is 0. The molecule has 0 saturated carbocycles. The molecule has 168 valence electrons. The second kappa shape index (κ2) is 9.80. The minimum atomic E-state index is -3.52. The Labute approximate surface area is 185 Å². The Balaban J connectivity index is 1.56. The molecule has 31 heavy (non-hydrogen) atoms. The quantitative estimate of drug-likeness (QED) is 0.709. The van der Waals surface area contributed by atoms with Gasteiger partial charge in [-0.15, -0.1) is 0 Å². The summed E-state index contributed by atoms with van der Waals surface area (Å²) in [6, 6.07) is 12.1. The minimum Gasteiger partial charge on any atom is -0.484 e. The van der Waals surface area contributed by atoms with E-state index in [2.05, 4.69) is 24.1 Å². The van der Waals surface area contributed by atoms with Crippen molar-refractivity contribution in [3.8, 4) is 5.75 Å². The lowest BCUT2D eigenvalue weighted by atomic mass is 9.98. The molecule has 1 saturated heterocycles. The highest BCUT2D eigenvalue weighted by Gasteiger charge is 2.27. The highest BCUT2D eigenvalue weighted by atomic mass is 32.2. The normalized spacial score (nSPS) is 15.8. The van der Waals surface area contributed by atoms with Gasteiger partial charge in [-0.1, -0.05) is 19.9 Å². The van der Waals surface area contributed by atoms with E-state index >= 15 is 0 Å². The van der Waals surface area contributed by atoms with Gasteiger partial charge in [-0.05, 0) is 67.4 Å². The van der Waals surface area contributed by atoms with E-state index in [1.807, 2.05) is 32.2 Å². The number of aryl methyl sites for hydroxylation is 1. The van der Waals surface area contributed by atoms with Gasteiger partial charge in [0.1, 0.15) is 5.75 Å². The summed E-state index contributed by atoms with van der Waals surface area (Å²) in [5.74, 6) is 0.770. The molecular formula is C23H31N3O4S. The standard InChI is InChI=1S/C23H31N3O4S/c1-17(2)22-10-7-20(15-18(22)3)30-16-23(27)24-19-5-8-21(9-6-19)31(28,29)26-13-11-25(4)12-14-26/h5-10,15,17H,11-14,16H2,1-4H3,(H,24,27). The Hall–Kier alpha value is -2.42. The third kappa shape index (κ3) is 5.84. The van der Waals surface area contributed by atoms with Gasteiger partial charge in [-0.2, -0.15) is 4.31 Å². The third-order valence-electron chi connectivity index (χ3n) is 5.47. The van der Waals surface area contributed by atoms with Crippen molar-refractivity contribution in [3.05, 3.63) is 53.6 Å². The molecular weight excluding hydrogens is 414 g/mol. The maximum atomic E-state index is 12.8. The SMILES string of the molecule is Cc1cc(OCC(=O)Nc2ccc(S(=O)(=O)N3CCN(C)CC3)cc2)ccc1C(C)C. The fraction of sp³-hybridized carbons (Fsp3) is 0.435. The highest BCUT2D eigenvalue weighted by molar-refractivity contribution is 7.89. The first-order valence-electron chi connectivity index (χ1n) is 10.5. The molecule has 1 N–H and O–H groups in total. The van der Waals surface area contributed by atoms with E-state index in [9.17, 15) is 13.2 Å². The molecule has 8 heteroatoms. The number of piperazine rings is 1. The molecule has 2 aromatic carbocycles. The summed E-state index contributed by atoms with van der Waals surface area (Å²) in [5, 5.41) is 2.74. The van der Waals surface area contributed by atoms with Crippen LogP contribution in [0.4, 0.5) is 5.69 Å². The number of benzene rings is 2. The van der Waals surface area contributed by atoms with Crippen LogP contribution < -0.4 is 10.1 Å². The number of nitrogens with zero attached hydrogens (tertiary/aromatic N) is 2. The Morgan fingerprint density at radius 3 is 2.29 bits per heavy atom. The van der Waals surface area contributed by atoms with Crippen molar-refractivity contribution < 1.29 is 17.9 Å². The second-order valence-electron chi connectivity index (χ2n) is 8.24. The zero-order valence-electron chi connectivity index (χ0n) is 18.6. The van der Waals surface area contributed by atoms with Gasteiger partial charge in [0, 0.05) is 31.9 Å². The van der Waals surface area contributed by atoms with Crippen LogP contribution in [0.15, 0.2) is 47.4 Å². The minimum absolute atomic E-state index is 0.123. The molecule has 1 heterocycles. The second-order valence-corrected chi connectivity index (χ2v) is 10.2. The molecule has 1 aliphatic heterocycles. The molecule has 1 amide bonds. The molecule has 1 aliphatic rings. The Bertz CT molecular complexity index is 1010. The first-order valence-corrected chi connectivity index (χ1v) is 11.9. The van der Waals surface area contributed by atoms with Crippen LogP contribution in [-0.2, 0) is 14.8 Å². The first-order chi connectivity index (χ1) is 14.7. The van der Waals surface area contributed by atoms with Crippen molar-refractivity contribution in [2.24, 2.45) is 0 Å². The van der Waals surface area contributed by atoms with E-state index in [4.69, 9.17) is 4.74 Å². The zero-order valence-corrected chi connectivity index (χ0v) is 19.4. The fourth-order valence-electron chi connectivity index (χ4n) is 3.62. The Kier molecular flexibility index (Phi) is 7.35. The van der Waals surface area contributed by atoms with Gasteiger partial charge in [-0.25, -0.2) is 8.42 Å². The van der Waals surface area contributed by atoms with E-state index in [1.54, 1.807) is 12.1 Å². The number of hydrogen-bond acceptors (Lipinski definition) is 5. The number of anilines is 1. The number of rotatable bonds is 7. The van der Waals surface area contributed by atoms with Crippen molar-refractivity contribution in [3.63, 3.8) is 0 Å². The maximum Gasteiger partial charge on any atom is 0.262 e. The van der Waals surface area contributed by atoms with Gasteiger partial charge >= 0.3 is 0 Å². The molecule has 3 rings (SSSR count). The Morgan fingerprint density at radius 1 is 1.06 bits per heavy atom. The summed E-state index contributed by atoms with van der Waals surface area (Å²) in [4.78, 5) is 14.6. The third-order valence-corrected chi connectivity index (χ3v) is 7.38. The van der Waals surface area contributed by atoms with E-state index in [-0.39, 0.29) is 17.4 Å². The van der Waals surface area contributed by atoms with Crippen LogP contribution in [-0.4, -0.2) is 63.4 Å². The smallest absolute Gasteiger partial charge is 0.262 e. The van der Waals surface area contributed by atoms with E-state index < -0.39 is 10.0 Å². The van der Waals surface area contributed by atoms with Crippen molar-refractivity contribution in [1.82, 2.24) is 9.21 Å². The average Bonchev–Trinajstić information content (AvgIpc) is 2.73. The van der Waals surface area contributed by atoms with Gasteiger partial charge < -0.3 is 15.0 Å². The number of carbonyl (C=O) groups excluding carboxylic acids is 1. The lowest BCUT2D eigenvalue weighted by Gasteiger charge is -2.31. The van der Waals surface area contributed by atoms with Crippen molar-refractivity contribution in [1.29, 1.82) is 0 Å². The number of nitrogens with one attached hydrogen (secondary N) is 1. The number of carbonyl (C=O) groups is 1. The summed E-state index contributed by atoms with van der Waals surface area (Å²) < 4.78 is 32.7. The lowest BCUT2D eigenvalue weighted by molar-refractivity contribution is -0.118. The first kappa shape index (κ1) is 23.2. The molecule has 0 aliphatic carbocycles. The van der Waals surface area contributed by atoms with E-state index in [1.165, 1.54) is 22.0 Å². The molecule has 0 spiro atoms. The van der Waals surface area contributed by atoms with Crippen LogP contribution in [0.2, 0.25) is 0 Å². The highest BCUT2D eigenvalue weighted by Crippen LogP contribution is 2.24. The number of hydrogen-bond donors (Lipinski definition) is 1. The average molecular weight is 446 g/mol. The summed E-state index contributed by atoms with van der Waals surface area (Å²) in [5.41, 5.74) is 2.91. The van der Waals surface area contributed by atoms with E-state index in [0.29, 0.717) is 43.5 Å². The zero-order chi connectivity index (χ0) is 22.6. The molecule has 7 nitrogen and oxygen atoms in total. The predicted octanol–water partition coefficient (Wildman–Crippen LogP) is 3.07. The van der Waals surface area contributed by atoms with Crippen molar-refractivity contribution in [2.75, 3.05) is 45.2 Å². The summed E-state index contributed by atoms with van der Waals surface area (Å²) in [6.45, 7) is 8.57. The number of sulfonamides is 1. The topological polar surface area (TPSA) is 78.9 Å². The lowest BCUT2D eigenvalue weighted by Crippen LogP contribution is -2.46. The molecule has 0 aromatic heterocycles. The van der Waals surface area contributed by atoms with Gasteiger partial charge in [0.15, 0.2) is 6.61 Å². The van der Waals surface area contributed by atoms with Crippen LogP contribution in [0.5, 0.6) is 5.75 Å². The van der Waals surface area contributed by atoms with Gasteiger partial charge in [-0.3, -0.25) is 4.79 Å². The number of amides is 1. The van der Waals surface area contributed by atoms with Crippen molar-refractivity contribution in [2.45, 2.75) is 31.6 Å². The monoisotopic (exact) mass is 445 g/mol. The molecule has 2 aromatic rings. The van der Waals surface area contributed by atoms with E-state index in [0.717, 1.165) is 5.56 Å². The Morgan fingerprint density at radius 2 is 1.71 bits per heavy atom. The van der Waals surface area contributed by atoms with Crippen LogP contribution in [0.25, 0.3) is 0 Å². The largest absolute Gasteiger partial charge is 0.484 e. The van der Waals surface area contributed by atoms with Crippen LogP contribution >= 0.6 is 0 Å². The van der Waals surface area contributed by atoms with Crippen LogP contribution in [0, 0.1) is 6.92 Å². The molecule has 0 radical (unpaired) electrons. The summed E-state index contributed by atoms with van der Waals surface area (Å²) in [7, 11) is -1.54.